The second-order valence-corrected chi connectivity index (χ2v) is 4.63. The predicted octanol–water partition coefficient (Wildman–Crippen LogP) is 3.21. The number of aromatic nitrogens is 1. The minimum absolute atomic E-state index is 0.115. The summed E-state index contributed by atoms with van der Waals surface area (Å²) in [6.45, 7) is -0.648. The number of nitrogens with zero attached hydrogens (tertiary/aromatic N) is 2. The van der Waals surface area contributed by atoms with Gasteiger partial charge in [0.05, 0.1) is 12.7 Å². The molecule has 0 saturated carbocycles. The number of ether oxygens (including phenoxy) is 2. The molecule has 1 aromatic rings. The molecule has 1 aromatic heterocycles. The van der Waals surface area contributed by atoms with Gasteiger partial charge in [-0.1, -0.05) is 0 Å². The standard InChI is InChI=1S/C12H11F5N2O3/c13-11(14)4-1-5-19(7-11)10(20)21-9-3-2-8(6-18-9)22-12(15,16)17/h2-3,6H,1,4-5,7H2. The molecule has 0 N–H and O–H groups in total. The first-order chi connectivity index (χ1) is 10.1. The zero-order valence-electron chi connectivity index (χ0n) is 11.1. The maximum atomic E-state index is 13.2. The van der Waals surface area contributed by atoms with Crippen molar-refractivity contribution in [3.63, 3.8) is 0 Å². The van der Waals surface area contributed by atoms with Gasteiger partial charge in [0.15, 0.2) is 0 Å². The van der Waals surface area contributed by atoms with E-state index in [4.69, 9.17) is 4.74 Å². The van der Waals surface area contributed by atoms with Crippen LogP contribution in [-0.2, 0) is 0 Å². The van der Waals surface area contributed by atoms with Crippen molar-refractivity contribution in [1.82, 2.24) is 9.88 Å². The second kappa shape index (κ2) is 5.93. The van der Waals surface area contributed by atoms with Gasteiger partial charge in [0.25, 0.3) is 5.92 Å². The molecule has 0 radical (unpaired) electrons. The maximum absolute atomic E-state index is 13.2. The summed E-state index contributed by atoms with van der Waals surface area (Å²) in [4.78, 5) is 16.0. The minimum atomic E-state index is -4.86. The lowest BCUT2D eigenvalue weighted by atomic mass is 10.1. The molecule has 0 bridgehead atoms. The molecule has 1 fully saturated rings. The first-order valence-electron chi connectivity index (χ1n) is 6.21. The molecule has 10 heteroatoms. The molecule has 0 aliphatic carbocycles. The fourth-order valence-electron chi connectivity index (χ4n) is 1.90. The smallest absolute Gasteiger partial charge is 0.404 e. The molecule has 0 unspecified atom stereocenters. The fraction of sp³-hybridized carbons (Fsp3) is 0.500. The van der Waals surface area contributed by atoms with Crippen molar-refractivity contribution >= 4 is 6.09 Å². The summed E-state index contributed by atoms with van der Waals surface area (Å²) in [7, 11) is 0. The van der Waals surface area contributed by atoms with Crippen LogP contribution >= 0.6 is 0 Å². The number of pyridine rings is 1. The van der Waals surface area contributed by atoms with Gasteiger partial charge in [-0.3, -0.25) is 0 Å². The zero-order chi connectivity index (χ0) is 16.4. The van der Waals surface area contributed by atoms with E-state index in [9.17, 15) is 26.7 Å². The summed E-state index contributed by atoms with van der Waals surface area (Å²) in [5, 5.41) is 0. The van der Waals surface area contributed by atoms with E-state index < -0.39 is 30.7 Å². The van der Waals surface area contributed by atoms with Gasteiger partial charge in [0, 0.05) is 19.0 Å². The van der Waals surface area contributed by atoms with E-state index in [2.05, 4.69) is 9.72 Å². The van der Waals surface area contributed by atoms with Crippen molar-refractivity contribution in [3.8, 4) is 11.6 Å². The van der Waals surface area contributed by atoms with Gasteiger partial charge in [-0.15, -0.1) is 13.2 Å². The molecule has 1 aliphatic heterocycles. The van der Waals surface area contributed by atoms with Gasteiger partial charge in [0.1, 0.15) is 5.75 Å². The van der Waals surface area contributed by atoms with Crippen LogP contribution in [-0.4, -0.2) is 41.4 Å². The highest BCUT2D eigenvalue weighted by molar-refractivity contribution is 5.70. The number of halogens is 5. The van der Waals surface area contributed by atoms with Gasteiger partial charge in [-0.05, 0) is 12.5 Å². The number of hydrogen-bond acceptors (Lipinski definition) is 4. The number of hydrogen-bond donors (Lipinski definition) is 0. The Morgan fingerprint density at radius 3 is 2.59 bits per heavy atom. The Morgan fingerprint density at radius 2 is 2.05 bits per heavy atom. The molecule has 0 spiro atoms. The summed E-state index contributed by atoms with van der Waals surface area (Å²) in [5.41, 5.74) is 0. The van der Waals surface area contributed by atoms with E-state index in [1.807, 2.05) is 0 Å². The van der Waals surface area contributed by atoms with Gasteiger partial charge in [-0.2, -0.15) is 0 Å². The number of carbonyl (C=O) groups is 1. The van der Waals surface area contributed by atoms with Crippen molar-refractivity contribution in [2.45, 2.75) is 25.1 Å². The van der Waals surface area contributed by atoms with Crippen LogP contribution in [0.25, 0.3) is 0 Å². The van der Waals surface area contributed by atoms with Crippen LogP contribution in [0.15, 0.2) is 18.3 Å². The third-order valence-electron chi connectivity index (χ3n) is 2.79. The van der Waals surface area contributed by atoms with Gasteiger partial charge < -0.3 is 14.4 Å². The van der Waals surface area contributed by atoms with Crippen molar-refractivity contribution in [2.75, 3.05) is 13.1 Å². The van der Waals surface area contributed by atoms with E-state index in [1.54, 1.807) is 0 Å². The Balaban J connectivity index is 1.94. The molecule has 0 atom stereocenters. The molecule has 122 valence electrons. The Bertz CT molecular complexity index is 533. The number of carbonyl (C=O) groups excluding carboxylic acids is 1. The van der Waals surface area contributed by atoms with Crippen molar-refractivity contribution in [3.05, 3.63) is 18.3 Å². The van der Waals surface area contributed by atoms with E-state index in [1.165, 1.54) is 0 Å². The van der Waals surface area contributed by atoms with Crippen molar-refractivity contribution < 1.29 is 36.2 Å². The first-order valence-corrected chi connectivity index (χ1v) is 6.21. The van der Waals surface area contributed by atoms with Crippen LogP contribution in [0.3, 0.4) is 0 Å². The predicted molar refractivity (Wildman–Crippen MR) is 62.7 cm³/mol. The normalized spacial score (nSPS) is 18.0. The number of alkyl halides is 5. The molecule has 2 heterocycles. The maximum Gasteiger partial charge on any atom is 0.573 e. The average Bonchev–Trinajstić information content (AvgIpc) is 2.38. The molecule has 22 heavy (non-hydrogen) atoms. The van der Waals surface area contributed by atoms with E-state index in [-0.39, 0.29) is 25.3 Å². The molecular formula is C12H11F5N2O3. The van der Waals surface area contributed by atoms with Gasteiger partial charge in [-0.25, -0.2) is 18.6 Å². The number of amides is 1. The lowest BCUT2D eigenvalue weighted by molar-refractivity contribution is -0.274. The third-order valence-corrected chi connectivity index (χ3v) is 2.79. The molecule has 1 aliphatic rings. The van der Waals surface area contributed by atoms with Gasteiger partial charge >= 0.3 is 12.5 Å². The Hall–Kier alpha value is -2.13. The second-order valence-electron chi connectivity index (χ2n) is 4.63. The molecule has 0 aromatic carbocycles. The van der Waals surface area contributed by atoms with Crippen LogP contribution < -0.4 is 9.47 Å². The molecular weight excluding hydrogens is 315 g/mol. The van der Waals surface area contributed by atoms with Crippen LogP contribution in [0.4, 0.5) is 26.7 Å². The van der Waals surface area contributed by atoms with Gasteiger partial charge in [0.2, 0.25) is 5.88 Å². The van der Waals surface area contributed by atoms with E-state index in [0.29, 0.717) is 6.20 Å². The monoisotopic (exact) mass is 326 g/mol. The highest BCUT2D eigenvalue weighted by Gasteiger charge is 2.38. The van der Waals surface area contributed by atoms with Crippen molar-refractivity contribution in [2.24, 2.45) is 0 Å². The molecule has 5 nitrogen and oxygen atoms in total. The highest BCUT2D eigenvalue weighted by atomic mass is 19.4. The molecule has 1 amide bonds. The summed E-state index contributed by atoms with van der Waals surface area (Å²) in [5.74, 6) is -3.88. The number of piperidine rings is 1. The Kier molecular flexibility index (Phi) is 4.38. The minimum Gasteiger partial charge on any atom is -0.404 e. The van der Waals surface area contributed by atoms with E-state index >= 15 is 0 Å². The lowest BCUT2D eigenvalue weighted by Crippen LogP contribution is -2.46. The van der Waals surface area contributed by atoms with Crippen LogP contribution in [0.5, 0.6) is 11.6 Å². The average molecular weight is 326 g/mol. The highest BCUT2D eigenvalue weighted by Crippen LogP contribution is 2.27. The van der Waals surface area contributed by atoms with E-state index in [0.717, 1.165) is 17.0 Å². The summed E-state index contributed by atoms with van der Waals surface area (Å²) >= 11 is 0. The third kappa shape index (κ3) is 4.71. The Morgan fingerprint density at radius 1 is 1.32 bits per heavy atom. The quantitative estimate of drug-likeness (QED) is 0.783. The topological polar surface area (TPSA) is 51.7 Å². The zero-order valence-corrected chi connectivity index (χ0v) is 11.1. The lowest BCUT2D eigenvalue weighted by Gasteiger charge is -2.31. The van der Waals surface area contributed by atoms with Crippen LogP contribution in [0, 0.1) is 0 Å². The Labute approximate surface area is 121 Å². The number of rotatable bonds is 2. The summed E-state index contributed by atoms with van der Waals surface area (Å²) in [6, 6.07) is 1.87. The van der Waals surface area contributed by atoms with Crippen LogP contribution in [0.2, 0.25) is 0 Å². The number of likely N-dealkylation sites (tertiary alicyclic amines) is 1. The fourth-order valence-corrected chi connectivity index (χ4v) is 1.90. The largest absolute Gasteiger partial charge is 0.573 e. The summed E-state index contributed by atoms with van der Waals surface area (Å²) in [6.07, 6.45) is -5.36. The van der Waals surface area contributed by atoms with Crippen molar-refractivity contribution in [1.29, 1.82) is 0 Å². The first kappa shape index (κ1) is 16.2. The SMILES string of the molecule is O=C(Oc1ccc(OC(F)(F)F)cn1)N1CCCC(F)(F)C1. The summed E-state index contributed by atoms with van der Waals surface area (Å²) < 4.78 is 70.5. The van der Waals surface area contributed by atoms with Crippen LogP contribution in [0.1, 0.15) is 12.8 Å². The molecule has 1 saturated heterocycles. The molecule has 2 rings (SSSR count).